The van der Waals surface area contributed by atoms with E-state index < -0.39 is 87.6 Å². The van der Waals surface area contributed by atoms with Gasteiger partial charge in [-0.1, -0.05) is 220 Å². The van der Waals surface area contributed by atoms with Gasteiger partial charge < -0.3 is 57.4 Å². The molecule has 20 heteroatoms. The molecule has 4 aliphatic rings. The number of ether oxygens (including phenoxy) is 11. The molecular formula is C79H100NO18P. The highest BCUT2D eigenvalue weighted by Crippen LogP contribution is 2.52. The third kappa shape index (κ3) is 20.7. The van der Waals surface area contributed by atoms with Gasteiger partial charge >= 0.3 is 19.8 Å². The predicted octanol–water partition coefficient (Wildman–Crippen LogP) is 14.1. The number of benzene rings is 6. The molecule has 0 amide bonds. The fraction of sp³-hybridized carbons (Fsp3) is 0.506. The monoisotopic (exact) mass is 1380 g/mol. The molecule has 4 fully saturated rings. The number of esters is 2. The normalized spacial score (nSPS) is 30.3. The van der Waals surface area contributed by atoms with E-state index in [9.17, 15) is 18.9 Å². The first kappa shape index (κ1) is 75.3. The molecule has 6 aromatic rings. The second-order valence-electron chi connectivity index (χ2n) is 27.1. The lowest BCUT2D eigenvalue weighted by Crippen LogP contribution is -2.58. The average molecular weight is 1380 g/mol. The number of carbonyl (C=O) groups excluding carboxylic acids is 3. The van der Waals surface area contributed by atoms with Crippen molar-refractivity contribution in [3.8, 4) is 0 Å². The minimum Gasteiger partial charge on any atom is -0.453 e. The van der Waals surface area contributed by atoms with Crippen LogP contribution in [0.1, 0.15) is 116 Å². The smallest absolute Gasteiger partial charge is 0.453 e. The summed E-state index contributed by atoms with van der Waals surface area (Å²) in [6, 6.07) is 55.7. The van der Waals surface area contributed by atoms with Crippen LogP contribution >= 0.6 is 7.82 Å². The van der Waals surface area contributed by atoms with E-state index in [1.54, 1.807) is 60.7 Å². The maximum atomic E-state index is 14.6. The molecule has 4 heterocycles. The Bertz CT molecular complexity index is 3390. The number of hydrogen-bond donors (Lipinski definition) is 1. The number of rotatable bonds is 33. The maximum Gasteiger partial charge on any atom is 0.475 e. The molecule has 0 spiro atoms. The molecule has 534 valence electrons. The van der Waals surface area contributed by atoms with E-state index in [2.05, 4.69) is 39.9 Å². The largest absolute Gasteiger partial charge is 0.475 e. The van der Waals surface area contributed by atoms with Gasteiger partial charge in [-0.05, 0) is 89.4 Å². The highest BCUT2D eigenvalue weighted by Gasteiger charge is 2.51. The summed E-state index contributed by atoms with van der Waals surface area (Å²) in [4.78, 5) is 40.6. The van der Waals surface area contributed by atoms with Gasteiger partial charge in [0.05, 0.1) is 94.9 Å². The summed E-state index contributed by atoms with van der Waals surface area (Å²) in [7, 11) is -4.16. The van der Waals surface area contributed by atoms with Crippen molar-refractivity contribution in [3.05, 3.63) is 215 Å². The summed E-state index contributed by atoms with van der Waals surface area (Å²) in [5.74, 6) is -2.51. The Balaban J connectivity index is 0.855. The molecule has 99 heavy (non-hydrogen) atoms. The topological polar surface area (TPSA) is 210 Å². The van der Waals surface area contributed by atoms with Gasteiger partial charge in [0.1, 0.15) is 6.10 Å². The quantitative estimate of drug-likeness (QED) is 0.0176. The number of ketones is 1. The lowest BCUT2D eigenvalue weighted by Gasteiger charge is -2.49. The van der Waals surface area contributed by atoms with Crippen molar-refractivity contribution in [2.45, 2.75) is 156 Å². The van der Waals surface area contributed by atoms with Crippen molar-refractivity contribution in [1.82, 2.24) is 5.32 Å². The summed E-state index contributed by atoms with van der Waals surface area (Å²) in [6.45, 7) is 20.2. The van der Waals surface area contributed by atoms with Crippen molar-refractivity contribution >= 4 is 25.5 Å². The molecule has 0 saturated carbocycles. The SMILES string of the molecule is CC1[C@@H](OC2[C@@H](OCC3O[C@H](OCC4O[C@H](OCCCNCC(=O)c5ccccc5)C(OC(=O)c5ccccc5)[C@@H](C)[C@@H]4C)C(OC(=O)c4ccccc4)[C@@H](C)[C@@H]3C)OC(COCc3ccccc3)[C@@H](C)[C@@H]2C)OC(COP(=O)(OCc2ccccc2)OCc2ccccc2)[C@@H](C)[C@@H]1C. The van der Waals surface area contributed by atoms with Crippen molar-refractivity contribution in [2.75, 3.05) is 46.1 Å². The van der Waals surface area contributed by atoms with Crippen LogP contribution in [0.3, 0.4) is 0 Å². The van der Waals surface area contributed by atoms with E-state index in [1.807, 2.05) is 149 Å². The molecule has 10 rings (SSSR count). The fourth-order valence-electron chi connectivity index (χ4n) is 13.1. The average Bonchev–Trinajstić information content (AvgIpc) is 0.796. The first-order valence-electron chi connectivity index (χ1n) is 35.1. The molecule has 0 aromatic heterocycles. The zero-order valence-electron chi connectivity index (χ0n) is 58.4. The molecule has 8 unspecified atom stereocenters. The summed E-state index contributed by atoms with van der Waals surface area (Å²) in [5, 5.41) is 3.22. The van der Waals surface area contributed by atoms with Crippen LogP contribution in [0, 0.1) is 53.3 Å². The number of phosphoric acid groups is 1. The fourth-order valence-corrected chi connectivity index (χ4v) is 14.3. The predicted molar refractivity (Wildman–Crippen MR) is 372 cm³/mol. The van der Waals surface area contributed by atoms with Crippen LogP contribution in [0.15, 0.2) is 182 Å². The Morgan fingerprint density at radius 3 is 1.23 bits per heavy atom. The van der Waals surface area contributed by atoms with Gasteiger partial charge in [-0.3, -0.25) is 18.4 Å². The van der Waals surface area contributed by atoms with Crippen LogP contribution in [-0.2, 0) is 90.1 Å². The zero-order valence-corrected chi connectivity index (χ0v) is 59.3. The summed E-state index contributed by atoms with van der Waals surface area (Å²) in [6.07, 6.45) is -7.87. The highest BCUT2D eigenvalue weighted by molar-refractivity contribution is 7.48. The third-order valence-corrected chi connectivity index (χ3v) is 21.9. The molecule has 4 aliphatic heterocycles. The Morgan fingerprint density at radius 2 is 0.758 bits per heavy atom. The molecule has 0 radical (unpaired) electrons. The molecule has 6 aromatic carbocycles. The lowest BCUT2D eigenvalue weighted by molar-refractivity contribution is -0.350. The standard InChI is InChI=1S/C79H100NO18P/c1-51-52(2)70(50-91-99(84,89-45-61-31-18-11-19-32-61)90-46-62-33-20-12-21-34-62)92-76(59(51)9)98-73-58(8)53(3)67(47-85-44-60-29-16-10-17-30-60)93-79(73)88-49-69-55(5)57(7)72(97-75(83)65-39-26-15-27-40-65)78(95-69)87-48-68-54(4)56(6)71(96-74(82)64-37-24-14-25-38-64)77(94-68)86-42-28-41-80-43-66(81)63-35-22-13-23-36-63/h10-27,29-40,51-59,67-73,76-80H,28,41-50H2,1-9H3/t51-,52-,53-,54-,55-,56-,57-,58-,59?,67?,68?,69?,70?,71?,72?,73?,76+,77-,78-,79-/m0/s1. The van der Waals surface area contributed by atoms with Crippen molar-refractivity contribution < 1.29 is 84.6 Å². The van der Waals surface area contributed by atoms with Crippen LogP contribution in [0.4, 0.5) is 0 Å². The number of carbonyl (C=O) groups is 3. The van der Waals surface area contributed by atoms with Gasteiger partial charge in [-0.2, -0.15) is 0 Å². The number of hydrogen-bond acceptors (Lipinski definition) is 19. The van der Waals surface area contributed by atoms with E-state index in [-0.39, 0.29) is 112 Å². The molecular weight excluding hydrogens is 1280 g/mol. The summed E-state index contributed by atoms with van der Waals surface area (Å²) >= 11 is 0. The minimum atomic E-state index is -4.16. The van der Waals surface area contributed by atoms with Crippen molar-refractivity contribution in [2.24, 2.45) is 53.3 Å². The molecule has 20 atom stereocenters. The Hall–Kier alpha value is -6.36. The van der Waals surface area contributed by atoms with Gasteiger partial charge in [0.15, 0.2) is 43.2 Å². The second kappa shape index (κ2) is 37.0. The van der Waals surface area contributed by atoms with Crippen molar-refractivity contribution in [1.29, 1.82) is 0 Å². The van der Waals surface area contributed by atoms with Crippen LogP contribution in [0.5, 0.6) is 0 Å². The van der Waals surface area contributed by atoms with Gasteiger partial charge in [0, 0.05) is 23.3 Å². The van der Waals surface area contributed by atoms with Gasteiger partial charge in [0.2, 0.25) is 0 Å². The Labute approximate surface area is 584 Å². The lowest BCUT2D eigenvalue weighted by atomic mass is 9.78. The van der Waals surface area contributed by atoms with Gasteiger partial charge in [0.25, 0.3) is 0 Å². The van der Waals surface area contributed by atoms with Crippen LogP contribution < -0.4 is 5.32 Å². The highest BCUT2D eigenvalue weighted by atomic mass is 31.2. The Morgan fingerprint density at radius 1 is 0.384 bits per heavy atom. The maximum absolute atomic E-state index is 14.6. The third-order valence-electron chi connectivity index (χ3n) is 20.6. The first-order chi connectivity index (χ1) is 47.9. The zero-order chi connectivity index (χ0) is 69.8. The minimum absolute atomic E-state index is 0.00877. The number of Topliss-reactive ketones (excluding diaryl/α,β-unsaturated/α-hetero) is 1. The molecule has 0 bridgehead atoms. The summed E-state index contributed by atoms with van der Waals surface area (Å²) < 4.78 is 107. The number of phosphoric ester groups is 1. The van der Waals surface area contributed by atoms with Crippen LogP contribution in [0.25, 0.3) is 0 Å². The Kier molecular flexibility index (Phi) is 28.1. The summed E-state index contributed by atoms with van der Waals surface area (Å²) in [5.41, 5.74) is 4.06. The van der Waals surface area contributed by atoms with E-state index in [4.69, 9.17) is 65.7 Å². The molecule has 4 saturated heterocycles. The first-order valence-corrected chi connectivity index (χ1v) is 36.6. The van der Waals surface area contributed by atoms with Crippen LogP contribution in [0.2, 0.25) is 0 Å². The van der Waals surface area contributed by atoms with Gasteiger partial charge in [-0.15, -0.1) is 0 Å². The number of nitrogens with one attached hydrogen (secondary N) is 1. The van der Waals surface area contributed by atoms with Gasteiger partial charge in [-0.25, -0.2) is 14.2 Å². The van der Waals surface area contributed by atoms with Crippen LogP contribution in [-0.4, -0.2) is 132 Å². The second-order valence-corrected chi connectivity index (χ2v) is 28.8. The molecule has 1 N–H and O–H groups in total. The van der Waals surface area contributed by atoms with E-state index >= 15 is 0 Å². The molecule has 19 nitrogen and oxygen atoms in total. The van der Waals surface area contributed by atoms with Crippen molar-refractivity contribution in [3.63, 3.8) is 0 Å². The van der Waals surface area contributed by atoms with E-state index in [0.717, 1.165) is 16.7 Å². The molecule has 0 aliphatic carbocycles. The van der Waals surface area contributed by atoms with E-state index in [1.165, 1.54) is 0 Å². The van der Waals surface area contributed by atoms with E-state index in [0.29, 0.717) is 36.3 Å².